The predicted molar refractivity (Wildman–Crippen MR) is 143 cm³/mol. The molecule has 2 aliphatic rings. The molecule has 1 aliphatic carbocycles. The van der Waals surface area contributed by atoms with Crippen molar-refractivity contribution in [2.24, 2.45) is 0 Å². The van der Waals surface area contributed by atoms with Crippen molar-refractivity contribution in [1.29, 1.82) is 0 Å². The van der Waals surface area contributed by atoms with Crippen LogP contribution in [0.25, 0.3) is 0 Å². The van der Waals surface area contributed by atoms with Gasteiger partial charge in [-0.05, 0) is 48.6 Å². The number of nitro benzene ring substituents is 1. The summed E-state index contributed by atoms with van der Waals surface area (Å²) in [5, 5.41) is 14.9. The normalized spacial score (nSPS) is 18.8. The van der Waals surface area contributed by atoms with Gasteiger partial charge in [-0.1, -0.05) is 23.7 Å². The molecule has 0 radical (unpaired) electrons. The summed E-state index contributed by atoms with van der Waals surface area (Å²) in [6.07, 6.45) is 0.652. The van der Waals surface area contributed by atoms with Crippen LogP contribution >= 0.6 is 11.6 Å². The van der Waals surface area contributed by atoms with Gasteiger partial charge in [-0.3, -0.25) is 14.9 Å². The van der Waals surface area contributed by atoms with Crippen LogP contribution in [0.1, 0.15) is 42.7 Å². The number of hydrogen-bond acceptors (Lipinski definition) is 9. The van der Waals surface area contributed by atoms with Gasteiger partial charge in [-0.25, -0.2) is 4.79 Å². The Morgan fingerprint density at radius 1 is 1.05 bits per heavy atom. The number of nitro groups is 1. The maximum atomic E-state index is 13.8. The van der Waals surface area contributed by atoms with E-state index in [-0.39, 0.29) is 47.6 Å². The first kappa shape index (κ1) is 28.1. The number of halogens is 1. The largest absolute Gasteiger partial charge is 0.493 e. The number of Topliss-reactive ketones (excluding diaryl/α,β-unsaturated/α-hetero) is 1. The summed E-state index contributed by atoms with van der Waals surface area (Å²) in [5.74, 6) is -0.707. The number of nitrogens with one attached hydrogen (secondary N) is 1. The number of hydrogen-bond donors (Lipinski definition) is 1. The van der Waals surface area contributed by atoms with Crippen molar-refractivity contribution in [3.05, 3.63) is 85.2 Å². The molecule has 0 amide bonds. The highest BCUT2D eigenvalue weighted by molar-refractivity contribution is 6.32. The molecule has 0 saturated heterocycles. The molecule has 2 unspecified atom stereocenters. The number of dihydropyridines is 1. The molecule has 2 atom stereocenters. The van der Waals surface area contributed by atoms with Gasteiger partial charge < -0.3 is 24.3 Å². The van der Waals surface area contributed by atoms with E-state index in [1.165, 1.54) is 19.2 Å². The highest BCUT2D eigenvalue weighted by atomic mass is 35.5. The van der Waals surface area contributed by atoms with Crippen LogP contribution in [0.3, 0.4) is 0 Å². The Morgan fingerprint density at radius 3 is 2.44 bits per heavy atom. The average Bonchev–Trinajstić information content (AvgIpc) is 2.91. The Hall–Kier alpha value is -3.89. The summed E-state index contributed by atoms with van der Waals surface area (Å²) in [6, 6.07) is 9.86. The van der Waals surface area contributed by atoms with Crippen LogP contribution in [-0.4, -0.2) is 51.2 Å². The van der Waals surface area contributed by atoms with Gasteiger partial charge in [-0.15, -0.1) is 0 Å². The topological polar surface area (TPSA) is 126 Å². The lowest BCUT2D eigenvalue weighted by Gasteiger charge is -2.36. The fourth-order valence-electron chi connectivity index (χ4n) is 5.13. The number of carbonyl (C=O) groups is 2. The summed E-state index contributed by atoms with van der Waals surface area (Å²) in [5.41, 5.74) is 2.73. The molecule has 0 saturated carbocycles. The van der Waals surface area contributed by atoms with Gasteiger partial charge in [-0.2, -0.15) is 0 Å². The zero-order valence-corrected chi connectivity index (χ0v) is 22.8. The quantitative estimate of drug-likeness (QED) is 0.200. The van der Waals surface area contributed by atoms with Crippen LogP contribution in [0.2, 0.25) is 5.02 Å². The molecular weight excluding hydrogens is 528 g/mol. The molecule has 0 spiro atoms. The molecule has 10 nitrogen and oxygen atoms in total. The molecule has 1 heterocycles. The van der Waals surface area contributed by atoms with Crippen LogP contribution in [0.15, 0.2) is 58.9 Å². The third kappa shape index (κ3) is 5.62. The van der Waals surface area contributed by atoms with Crippen LogP contribution < -0.4 is 14.8 Å². The number of allylic oxidation sites excluding steroid dienone is 3. The van der Waals surface area contributed by atoms with Gasteiger partial charge in [0, 0.05) is 42.5 Å². The van der Waals surface area contributed by atoms with Gasteiger partial charge in [0.05, 0.1) is 31.3 Å². The van der Waals surface area contributed by atoms with E-state index in [0.717, 1.165) is 5.56 Å². The predicted octanol–water partition coefficient (Wildman–Crippen LogP) is 4.82. The van der Waals surface area contributed by atoms with Crippen molar-refractivity contribution >= 4 is 29.0 Å². The van der Waals surface area contributed by atoms with Gasteiger partial charge in [0.2, 0.25) is 0 Å². The second-order valence-electron chi connectivity index (χ2n) is 9.23. The summed E-state index contributed by atoms with van der Waals surface area (Å²) in [6.45, 7) is 1.93. The number of benzene rings is 2. The minimum atomic E-state index is -0.869. The van der Waals surface area contributed by atoms with Crippen LogP contribution in [0.5, 0.6) is 11.5 Å². The molecular formula is C28H29ClN2O8. The maximum absolute atomic E-state index is 13.8. The molecule has 1 aliphatic heterocycles. The Morgan fingerprint density at radius 2 is 1.77 bits per heavy atom. The minimum Gasteiger partial charge on any atom is -0.493 e. The zero-order chi connectivity index (χ0) is 28.3. The molecule has 206 valence electrons. The molecule has 39 heavy (non-hydrogen) atoms. The Kier molecular flexibility index (Phi) is 8.57. The summed E-state index contributed by atoms with van der Waals surface area (Å²) in [7, 11) is 4.59. The minimum absolute atomic E-state index is 0.0147. The van der Waals surface area contributed by atoms with Crippen molar-refractivity contribution in [3.8, 4) is 11.5 Å². The third-order valence-electron chi connectivity index (χ3n) is 6.95. The van der Waals surface area contributed by atoms with Crippen LogP contribution in [0.4, 0.5) is 5.69 Å². The fourth-order valence-corrected chi connectivity index (χ4v) is 5.32. The van der Waals surface area contributed by atoms with E-state index in [2.05, 4.69) is 5.32 Å². The second-order valence-corrected chi connectivity index (χ2v) is 9.64. The fraction of sp³-hybridized carbons (Fsp3) is 0.357. The van der Waals surface area contributed by atoms with E-state index in [1.54, 1.807) is 33.3 Å². The van der Waals surface area contributed by atoms with Gasteiger partial charge in [0.15, 0.2) is 17.3 Å². The first-order valence-electron chi connectivity index (χ1n) is 12.3. The number of esters is 1. The van der Waals surface area contributed by atoms with Gasteiger partial charge in [0.25, 0.3) is 5.69 Å². The van der Waals surface area contributed by atoms with E-state index in [4.69, 9.17) is 30.5 Å². The van der Waals surface area contributed by atoms with Crippen LogP contribution in [-0.2, 0) is 19.1 Å². The number of ether oxygens (including phenoxy) is 4. The molecule has 0 fully saturated rings. The Balaban J connectivity index is 1.79. The van der Waals surface area contributed by atoms with Crippen molar-refractivity contribution in [2.75, 3.05) is 34.5 Å². The van der Waals surface area contributed by atoms with Crippen LogP contribution in [0, 0.1) is 10.1 Å². The number of methoxy groups -OCH3 is 3. The van der Waals surface area contributed by atoms with E-state index in [0.29, 0.717) is 40.5 Å². The van der Waals surface area contributed by atoms with Crippen molar-refractivity contribution in [2.45, 2.75) is 31.6 Å². The molecule has 11 heteroatoms. The number of ketones is 1. The highest BCUT2D eigenvalue weighted by Crippen LogP contribution is 2.47. The molecule has 2 aromatic rings. The summed E-state index contributed by atoms with van der Waals surface area (Å²) >= 11 is 6.07. The van der Waals surface area contributed by atoms with E-state index in [9.17, 15) is 19.7 Å². The van der Waals surface area contributed by atoms with Gasteiger partial charge in [0.1, 0.15) is 11.6 Å². The highest BCUT2D eigenvalue weighted by Gasteiger charge is 2.42. The molecule has 4 rings (SSSR count). The van der Waals surface area contributed by atoms with E-state index in [1.807, 2.05) is 12.1 Å². The van der Waals surface area contributed by atoms with Crippen molar-refractivity contribution in [1.82, 2.24) is 5.32 Å². The lowest BCUT2D eigenvalue weighted by atomic mass is 9.71. The monoisotopic (exact) mass is 556 g/mol. The molecule has 1 N–H and O–H groups in total. The number of nitrogens with zero attached hydrogens (tertiary/aromatic N) is 1. The zero-order valence-electron chi connectivity index (χ0n) is 22.0. The van der Waals surface area contributed by atoms with E-state index >= 15 is 0 Å². The molecule has 0 aromatic heterocycles. The SMILES string of the molecule is COCCOC(=O)C1=C(C)NC2=C(C(=O)CC(c3ccc(OC)c(OC)c3)C2)C1c1ccc(Cl)c([N+](=O)[O-])c1. The summed E-state index contributed by atoms with van der Waals surface area (Å²) < 4.78 is 21.2. The summed E-state index contributed by atoms with van der Waals surface area (Å²) in [4.78, 5) is 38.1. The second kappa shape index (κ2) is 11.9. The molecule has 2 aromatic carbocycles. The van der Waals surface area contributed by atoms with Crippen molar-refractivity contribution in [3.63, 3.8) is 0 Å². The third-order valence-corrected chi connectivity index (χ3v) is 7.27. The van der Waals surface area contributed by atoms with Gasteiger partial charge >= 0.3 is 5.97 Å². The number of carbonyl (C=O) groups excluding carboxylic acids is 2. The number of rotatable bonds is 9. The van der Waals surface area contributed by atoms with Crippen molar-refractivity contribution < 1.29 is 33.5 Å². The smallest absolute Gasteiger partial charge is 0.336 e. The molecule has 0 bridgehead atoms. The van der Waals surface area contributed by atoms with E-state index < -0.39 is 16.8 Å². The first-order chi connectivity index (χ1) is 18.7. The Labute approximate surface area is 230 Å². The lowest BCUT2D eigenvalue weighted by molar-refractivity contribution is -0.384. The lowest BCUT2D eigenvalue weighted by Crippen LogP contribution is -2.36. The average molecular weight is 557 g/mol. The standard InChI is InChI=1S/C28H29ClN2O8/c1-15-25(28(33)39-10-9-36-2)26(17-5-7-19(29)21(12-17)31(34)35)27-20(30-15)11-18(13-22(27)32)16-6-8-23(37-3)24(14-16)38-4/h5-8,12,14,18,26,30H,9-11,13H2,1-4H3. The maximum Gasteiger partial charge on any atom is 0.336 e. The first-order valence-corrected chi connectivity index (χ1v) is 12.6. The Bertz CT molecular complexity index is 1380.